The molecule has 0 spiro atoms. The van der Waals surface area contributed by atoms with Crippen molar-refractivity contribution in [1.29, 1.82) is 0 Å². The van der Waals surface area contributed by atoms with Gasteiger partial charge in [-0.05, 0) is 61.7 Å². The van der Waals surface area contributed by atoms with E-state index in [0.717, 1.165) is 16.8 Å². The molecular formula is C24H24N2O3S. The fraction of sp³-hybridized carbons (Fsp3) is 0.208. The van der Waals surface area contributed by atoms with Crippen molar-refractivity contribution < 1.29 is 13.2 Å². The Kier molecular flexibility index (Phi) is 5.45. The first-order chi connectivity index (χ1) is 14.4. The lowest BCUT2D eigenvalue weighted by Crippen LogP contribution is -2.35. The predicted octanol–water partition coefficient (Wildman–Crippen LogP) is 4.32. The molecule has 0 unspecified atom stereocenters. The minimum Gasteiger partial charge on any atom is -0.305 e. The zero-order chi connectivity index (χ0) is 21.3. The second-order valence-electron chi connectivity index (χ2n) is 7.64. The van der Waals surface area contributed by atoms with Crippen LogP contribution >= 0.6 is 0 Å². The van der Waals surface area contributed by atoms with Crippen molar-refractivity contribution in [1.82, 2.24) is 4.72 Å². The average molecular weight is 421 g/mol. The number of carbonyl (C=O) groups is 1. The third kappa shape index (κ3) is 3.88. The first-order valence-corrected chi connectivity index (χ1v) is 11.4. The number of nitrogens with one attached hydrogen (secondary N) is 1. The van der Waals surface area contributed by atoms with Crippen LogP contribution in [0.4, 0.5) is 5.69 Å². The highest BCUT2D eigenvalue weighted by atomic mass is 32.2. The Bertz CT molecular complexity index is 1160. The molecule has 3 aromatic carbocycles. The summed E-state index contributed by atoms with van der Waals surface area (Å²) >= 11 is 0. The van der Waals surface area contributed by atoms with Gasteiger partial charge in [0.25, 0.3) is 5.91 Å². The summed E-state index contributed by atoms with van der Waals surface area (Å²) in [4.78, 5) is 15.0. The maximum Gasteiger partial charge on any atom is 0.258 e. The van der Waals surface area contributed by atoms with Gasteiger partial charge in [0, 0.05) is 23.3 Å². The van der Waals surface area contributed by atoms with Gasteiger partial charge in [0.05, 0.1) is 4.90 Å². The number of fused-ring (bicyclic) bond motifs is 1. The molecule has 4 rings (SSSR count). The quantitative estimate of drug-likeness (QED) is 0.669. The number of anilines is 1. The molecule has 0 fully saturated rings. The molecular weight excluding hydrogens is 396 g/mol. The minimum atomic E-state index is -3.69. The molecule has 0 saturated carbocycles. The molecule has 1 N–H and O–H groups in total. The Hall–Kier alpha value is -2.96. The van der Waals surface area contributed by atoms with Crippen molar-refractivity contribution in [3.8, 4) is 0 Å². The lowest BCUT2D eigenvalue weighted by molar-refractivity contribution is 0.0981. The molecule has 1 heterocycles. The lowest BCUT2D eigenvalue weighted by atomic mass is 10.1. The maximum absolute atomic E-state index is 13.0. The summed E-state index contributed by atoms with van der Waals surface area (Å²) in [5, 5.41) is 0. The Balaban J connectivity index is 1.60. The van der Waals surface area contributed by atoms with Crippen LogP contribution in [0.3, 0.4) is 0 Å². The van der Waals surface area contributed by atoms with Crippen LogP contribution in [-0.2, 0) is 16.4 Å². The van der Waals surface area contributed by atoms with Gasteiger partial charge in [0.15, 0.2) is 0 Å². The van der Waals surface area contributed by atoms with Gasteiger partial charge in [-0.25, -0.2) is 13.1 Å². The molecule has 0 aromatic heterocycles. The van der Waals surface area contributed by atoms with E-state index in [0.29, 0.717) is 12.0 Å². The summed E-state index contributed by atoms with van der Waals surface area (Å²) in [6.07, 6.45) is 0.617. The molecule has 30 heavy (non-hydrogen) atoms. The molecule has 1 amide bonds. The molecule has 0 bridgehead atoms. The summed E-state index contributed by atoms with van der Waals surface area (Å²) in [6, 6.07) is 23.2. The number of rotatable bonds is 5. The summed E-state index contributed by atoms with van der Waals surface area (Å²) < 4.78 is 28.6. The highest BCUT2D eigenvalue weighted by Gasteiger charge is 2.32. The van der Waals surface area contributed by atoms with Gasteiger partial charge in [0.1, 0.15) is 0 Å². The van der Waals surface area contributed by atoms with E-state index in [1.165, 1.54) is 0 Å². The largest absolute Gasteiger partial charge is 0.305 e. The van der Waals surface area contributed by atoms with Gasteiger partial charge in [-0.3, -0.25) is 4.79 Å². The standard InChI is InChI=1S/C24H24N2O3S/c1-17-15-21-16-22(30(28,29)25-18(2)19-9-5-3-6-10-19)13-14-23(21)26(17)24(27)20-11-7-4-8-12-20/h3-14,16-18,25H,15H2,1-2H3/t17-,18+/m0/s1. The van der Waals surface area contributed by atoms with Gasteiger partial charge >= 0.3 is 0 Å². The van der Waals surface area contributed by atoms with Crippen molar-refractivity contribution >= 4 is 21.6 Å². The predicted molar refractivity (Wildman–Crippen MR) is 118 cm³/mol. The van der Waals surface area contributed by atoms with Gasteiger partial charge in [-0.1, -0.05) is 48.5 Å². The van der Waals surface area contributed by atoms with Crippen molar-refractivity contribution in [3.05, 3.63) is 95.6 Å². The topological polar surface area (TPSA) is 66.5 Å². The summed E-state index contributed by atoms with van der Waals surface area (Å²) in [6.45, 7) is 3.80. The monoisotopic (exact) mass is 420 g/mol. The van der Waals surface area contributed by atoms with Crippen LogP contribution in [-0.4, -0.2) is 20.4 Å². The molecule has 0 aliphatic carbocycles. The smallest absolute Gasteiger partial charge is 0.258 e. The Morgan fingerprint density at radius 1 is 1.00 bits per heavy atom. The summed E-state index contributed by atoms with van der Waals surface area (Å²) in [5.74, 6) is -0.0757. The van der Waals surface area contributed by atoms with Crippen LogP contribution in [0.1, 0.15) is 41.4 Å². The van der Waals surface area contributed by atoms with E-state index in [1.54, 1.807) is 35.2 Å². The highest BCUT2D eigenvalue weighted by Crippen LogP contribution is 2.35. The third-order valence-corrected chi connectivity index (χ3v) is 6.99. The molecule has 0 saturated heterocycles. The van der Waals surface area contributed by atoms with Gasteiger partial charge in [0.2, 0.25) is 10.0 Å². The zero-order valence-electron chi connectivity index (χ0n) is 16.9. The first-order valence-electron chi connectivity index (χ1n) is 9.95. The number of nitrogens with zero attached hydrogens (tertiary/aromatic N) is 1. The van der Waals surface area contributed by atoms with Crippen LogP contribution < -0.4 is 9.62 Å². The van der Waals surface area contributed by atoms with E-state index >= 15 is 0 Å². The fourth-order valence-electron chi connectivity index (χ4n) is 3.91. The molecule has 6 heteroatoms. The first kappa shape index (κ1) is 20.3. The minimum absolute atomic E-state index is 0.0399. The van der Waals surface area contributed by atoms with E-state index in [2.05, 4.69) is 4.72 Å². The van der Waals surface area contributed by atoms with Crippen LogP contribution in [0.15, 0.2) is 83.8 Å². The van der Waals surface area contributed by atoms with Crippen LogP contribution in [0.2, 0.25) is 0 Å². The normalized spacial score (nSPS) is 16.9. The number of amides is 1. The van der Waals surface area contributed by atoms with Gasteiger partial charge in [-0.15, -0.1) is 0 Å². The molecule has 2 atom stereocenters. The number of carbonyl (C=O) groups excluding carboxylic acids is 1. The van der Waals surface area contributed by atoms with Crippen LogP contribution in [0, 0.1) is 0 Å². The third-order valence-electron chi connectivity index (χ3n) is 5.45. The summed E-state index contributed by atoms with van der Waals surface area (Å²) in [7, 11) is -3.69. The van der Waals surface area contributed by atoms with Crippen molar-refractivity contribution in [2.75, 3.05) is 4.90 Å². The molecule has 5 nitrogen and oxygen atoms in total. The van der Waals surface area contributed by atoms with Crippen LogP contribution in [0.25, 0.3) is 0 Å². The van der Waals surface area contributed by atoms with Gasteiger partial charge in [-0.2, -0.15) is 0 Å². The molecule has 1 aliphatic heterocycles. The Morgan fingerprint density at radius 2 is 1.63 bits per heavy atom. The Labute approximate surface area is 177 Å². The second kappa shape index (κ2) is 8.05. The van der Waals surface area contributed by atoms with E-state index in [4.69, 9.17) is 0 Å². The van der Waals surface area contributed by atoms with E-state index in [-0.39, 0.29) is 22.9 Å². The maximum atomic E-state index is 13.0. The number of hydrogen-bond acceptors (Lipinski definition) is 3. The highest BCUT2D eigenvalue weighted by molar-refractivity contribution is 7.89. The summed E-state index contributed by atoms with van der Waals surface area (Å²) in [5.41, 5.74) is 3.15. The fourth-order valence-corrected chi connectivity index (χ4v) is 5.20. The molecule has 154 valence electrons. The zero-order valence-corrected chi connectivity index (χ0v) is 17.8. The lowest BCUT2D eigenvalue weighted by Gasteiger charge is -2.23. The second-order valence-corrected chi connectivity index (χ2v) is 9.35. The average Bonchev–Trinajstić information content (AvgIpc) is 3.09. The number of sulfonamides is 1. The Morgan fingerprint density at radius 3 is 2.30 bits per heavy atom. The van der Waals surface area contributed by atoms with Crippen molar-refractivity contribution in [3.63, 3.8) is 0 Å². The van der Waals surface area contributed by atoms with Crippen molar-refractivity contribution in [2.24, 2.45) is 0 Å². The molecule has 1 aliphatic rings. The molecule has 3 aromatic rings. The SMILES string of the molecule is C[C@@H](NS(=O)(=O)c1ccc2c(c1)C[C@H](C)N2C(=O)c1ccccc1)c1ccccc1. The van der Waals surface area contributed by atoms with Crippen molar-refractivity contribution in [2.45, 2.75) is 37.2 Å². The van der Waals surface area contributed by atoms with E-state index in [9.17, 15) is 13.2 Å². The van der Waals surface area contributed by atoms with E-state index in [1.807, 2.05) is 62.4 Å². The number of benzene rings is 3. The van der Waals surface area contributed by atoms with E-state index < -0.39 is 10.0 Å². The van der Waals surface area contributed by atoms with Gasteiger partial charge < -0.3 is 4.90 Å². The molecule has 0 radical (unpaired) electrons. The number of hydrogen-bond donors (Lipinski definition) is 1. The van der Waals surface area contributed by atoms with Crippen LogP contribution in [0.5, 0.6) is 0 Å².